The third-order valence-corrected chi connectivity index (χ3v) is 2.33. The number of hydrogen-bond acceptors (Lipinski definition) is 5. The molecule has 2 rings (SSSR count). The van der Waals surface area contributed by atoms with E-state index in [4.69, 9.17) is 5.73 Å². The van der Waals surface area contributed by atoms with Crippen LogP contribution in [0.25, 0.3) is 0 Å². The summed E-state index contributed by atoms with van der Waals surface area (Å²) in [5, 5.41) is 14.5. The molecule has 2 unspecified atom stereocenters. The van der Waals surface area contributed by atoms with Crippen LogP contribution in [0.4, 0.5) is 0 Å². The fraction of sp³-hybridized carbons (Fsp3) is 0.667. The maximum Gasteiger partial charge on any atom is 0.199 e. The summed E-state index contributed by atoms with van der Waals surface area (Å²) in [7, 11) is 0. The molecule has 76 valence electrons. The van der Waals surface area contributed by atoms with Crippen LogP contribution >= 0.6 is 0 Å². The van der Waals surface area contributed by atoms with Crippen molar-refractivity contribution in [3.05, 3.63) is 11.8 Å². The first-order chi connectivity index (χ1) is 6.50. The van der Waals surface area contributed by atoms with Crippen molar-refractivity contribution in [3.63, 3.8) is 0 Å². The second kappa shape index (κ2) is 2.80. The molecule has 0 saturated carbocycles. The lowest BCUT2D eigenvalue weighted by atomic mass is 9.92. The van der Waals surface area contributed by atoms with Gasteiger partial charge in [0.25, 0.3) is 0 Å². The first kappa shape index (κ1) is 9.18. The molecule has 0 amide bonds. The molecule has 14 heavy (non-hydrogen) atoms. The first-order valence-corrected chi connectivity index (χ1v) is 4.68. The van der Waals surface area contributed by atoms with Crippen molar-refractivity contribution in [2.75, 3.05) is 0 Å². The van der Waals surface area contributed by atoms with Gasteiger partial charge in [0.15, 0.2) is 12.3 Å². The number of hydrogen-bond donors (Lipinski definition) is 1. The minimum absolute atomic E-state index is 0.0176. The van der Waals surface area contributed by atoms with Gasteiger partial charge < -0.3 is 5.73 Å². The van der Waals surface area contributed by atoms with Crippen molar-refractivity contribution >= 4 is 6.21 Å². The molecule has 2 atom stereocenters. The fourth-order valence-corrected chi connectivity index (χ4v) is 1.56. The average Bonchev–Trinajstić information content (AvgIpc) is 2.47. The van der Waals surface area contributed by atoms with Crippen LogP contribution in [-0.2, 0) is 0 Å². The molecular formula is C9H15N5. The Bertz CT molecular complexity index is 323. The standard InChI is InChI=1S/C9H15N5/c1-9(2,3)8-13-12-7-6(10)4-5-11-14(7)8/h4-5,7-8H,10H2,1-3H3. The predicted octanol–water partition coefficient (Wildman–Crippen LogP) is 1.29. The van der Waals surface area contributed by atoms with Gasteiger partial charge in [-0.1, -0.05) is 20.8 Å². The van der Waals surface area contributed by atoms with E-state index in [0.29, 0.717) is 5.70 Å². The number of nitrogens with two attached hydrogens (primary N) is 1. The van der Waals surface area contributed by atoms with Gasteiger partial charge in [-0.3, -0.25) is 0 Å². The lowest BCUT2D eigenvalue weighted by molar-refractivity contribution is 0.114. The molecule has 5 heteroatoms. The van der Waals surface area contributed by atoms with Gasteiger partial charge in [0, 0.05) is 11.6 Å². The van der Waals surface area contributed by atoms with Gasteiger partial charge in [0.05, 0.1) is 5.70 Å². The summed E-state index contributed by atoms with van der Waals surface area (Å²) in [4.78, 5) is 0. The summed E-state index contributed by atoms with van der Waals surface area (Å²) in [6.07, 6.45) is 3.26. The molecule has 0 radical (unpaired) electrons. The van der Waals surface area contributed by atoms with Crippen LogP contribution in [0.3, 0.4) is 0 Å². The molecular weight excluding hydrogens is 178 g/mol. The van der Waals surface area contributed by atoms with E-state index < -0.39 is 0 Å². The minimum atomic E-state index is -0.191. The third kappa shape index (κ3) is 1.29. The zero-order chi connectivity index (χ0) is 10.3. The summed E-state index contributed by atoms with van der Waals surface area (Å²) in [5.41, 5.74) is 6.53. The topological polar surface area (TPSA) is 66.3 Å². The van der Waals surface area contributed by atoms with Gasteiger partial charge in [0.1, 0.15) is 0 Å². The first-order valence-electron chi connectivity index (χ1n) is 4.68. The smallest absolute Gasteiger partial charge is 0.199 e. The molecule has 0 bridgehead atoms. The van der Waals surface area contributed by atoms with Crippen molar-refractivity contribution in [1.82, 2.24) is 5.01 Å². The van der Waals surface area contributed by atoms with E-state index in [1.54, 1.807) is 12.3 Å². The molecule has 2 heterocycles. The van der Waals surface area contributed by atoms with Gasteiger partial charge in [-0.2, -0.15) is 15.3 Å². The molecule has 0 aromatic heterocycles. The summed E-state index contributed by atoms with van der Waals surface area (Å²) >= 11 is 0. The van der Waals surface area contributed by atoms with E-state index in [1.165, 1.54) is 0 Å². The lowest BCUT2D eigenvalue weighted by Gasteiger charge is -2.33. The zero-order valence-corrected chi connectivity index (χ0v) is 8.68. The Morgan fingerprint density at radius 3 is 2.71 bits per heavy atom. The number of allylic oxidation sites excluding steroid dienone is 1. The molecule has 2 N–H and O–H groups in total. The van der Waals surface area contributed by atoms with Gasteiger partial charge in [-0.15, -0.1) is 0 Å². The van der Waals surface area contributed by atoms with Gasteiger partial charge in [-0.25, -0.2) is 5.01 Å². The maximum atomic E-state index is 5.80. The normalized spacial score (nSPS) is 30.5. The van der Waals surface area contributed by atoms with Crippen molar-refractivity contribution in [3.8, 4) is 0 Å². The second-order valence-electron chi connectivity index (χ2n) is 4.66. The van der Waals surface area contributed by atoms with E-state index in [-0.39, 0.29) is 17.7 Å². The number of fused-ring (bicyclic) bond motifs is 1. The highest BCUT2D eigenvalue weighted by Crippen LogP contribution is 2.34. The number of hydrazone groups is 1. The molecule has 2 aliphatic rings. The van der Waals surface area contributed by atoms with Crippen LogP contribution < -0.4 is 5.73 Å². The Kier molecular flexibility index (Phi) is 1.83. The maximum absolute atomic E-state index is 5.80. The van der Waals surface area contributed by atoms with E-state index in [0.717, 1.165) is 0 Å². The van der Waals surface area contributed by atoms with Crippen molar-refractivity contribution in [2.45, 2.75) is 33.1 Å². The van der Waals surface area contributed by atoms with E-state index in [2.05, 4.69) is 36.1 Å². The molecule has 0 fully saturated rings. The van der Waals surface area contributed by atoms with E-state index in [1.807, 2.05) is 5.01 Å². The summed E-state index contributed by atoms with van der Waals surface area (Å²) < 4.78 is 0. The Balaban J connectivity index is 2.27. The Labute approximate surface area is 83.4 Å². The second-order valence-corrected chi connectivity index (χ2v) is 4.66. The molecule has 0 aromatic carbocycles. The molecule has 0 aliphatic carbocycles. The van der Waals surface area contributed by atoms with E-state index >= 15 is 0 Å². The number of nitrogens with zero attached hydrogens (tertiary/aromatic N) is 4. The SMILES string of the molecule is CC(C)(C)C1N=NC2C(N)=CC=NN21. The molecule has 0 spiro atoms. The highest BCUT2D eigenvalue weighted by molar-refractivity contribution is 5.73. The van der Waals surface area contributed by atoms with Crippen LogP contribution in [0, 0.1) is 5.41 Å². The number of azo groups is 1. The van der Waals surface area contributed by atoms with Crippen molar-refractivity contribution < 1.29 is 0 Å². The van der Waals surface area contributed by atoms with Crippen molar-refractivity contribution in [1.29, 1.82) is 0 Å². The monoisotopic (exact) mass is 193 g/mol. The minimum Gasteiger partial charge on any atom is -0.399 e. The van der Waals surface area contributed by atoms with Crippen LogP contribution in [0.2, 0.25) is 0 Å². The molecule has 5 nitrogen and oxygen atoms in total. The molecule has 2 aliphatic heterocycles. The molecule has 0 saturated heterocycles. The van der Waals surface area contributed by atoms with Gasteiger partial charge in [0.2, 0.25) is 0 Å². The predicted molar refractivity (Wildman–Crippen MR) is 54.5 cm³/mol. The lowest BCUT2D eigenvalue weighted by Crippen LogP contribution is -2.43. The quantitative estimate of drug-likeness (QED) is 0.630. The van der Waals surface area contributed by atoms with Crippen molar-refractivity contribution in [2.24, 2.45) is 26.5 Å². The summed E-state index contributed by atoms with van der Waals surface area (Å²) in [6.45, 7) is 6.34. The van der Waals surface area contributed by atoms with Crippen LogP contribution in [0.1, 0.15) is 20.8 Å². The van der Waals surface area contributed by atoms with Crippen LogP contribution in [0.15, 0.2) is 27.1 Å². The average molecular weight is 193 g/mol. The fourth-order valence-electron chi connectivity index (χ4n) is 1.56. The zero-order valence-electron chi connectivity index (χ0n) is 8.68. The van der Waals surface area contributed by atoms with Gasteiger partial charge in [-0.05, 0) is 6.08 Å². The summed E-state index contributed by atoms with van der Waals surface area (Å²) in [6, 6.07) is 0. The highest BCUT2D eigenvalue weighted by Gasteiger charge is 2.40. The van der Waals surface area contributed by atoms with Crippen LogP contribution in [0.5, 0.6) is 0 Å². The molecule has 0 aromatic rings. The third-order valence-electron chi connectivity index (χ3n) is 2.33. The van der Waals surface area contributed by atoms with Gasteiger partial charge >= 0.3 is 0 Å². The Morgan fingerprint density at radius 1 is 1.36 bits per heavy atom. The Morgan fingerprint density at radius 2 is 2.07 bits per heavy atom. The largest absolute Gasteiger partial charge is 0.399 e. The number of rotatable bonds is 0. The summed E-state index contributed by atoms with van der Waals surface area (Å²) in [5.74, 6) is 0. The van der Waals surface area contributed by atoms with Crippen LogP contribution in [-0.4, -0.2) is 23.6 Å². The highest BCUT2D eigenvalue weighted by atomic mass is 15.6. The van der Waals surface area contributed by atoms with E-state index in [9.17, 15) is 0 Å². The Hall–Kier alpha value is -1.39.